The number of carbonyl (C=O) groups is 2. The lowest BCUT2D eigenvalue weighted by atomic mass is 9.66. The van der Waals surface area contributed by atoms with Gasteiger partial charge in [-0.25, -0.2) is 0 Å². The summed E-state index contributed by atoms with van der Waals surface area (Å²) in [7, 11) is 0. The average Bonchev–Trinajstić information content (AvgIpc) is 3.02. The van der Waals surface area contributed by atoms with Gasteiger partial charge < -0.3 is 4.98 Å². The van der Waals surface area contributed by atoms with E-state index < -0.39 is 5.92 Å². The largest absolute Gasteiger partial charge is 0.361 e. The summed E-state index contributed by atoms with van der Waals surface area (Å²) in [6.07, 6.45) is 4.49. The van der Waals surface area contributed by atoms with Gasteiger partial charge in [-0.2, -0.15) is 0 Å². The SMILES string of the molecule is CC1(C)CC(=O)C(C(c2ccccn2)c2c[nH]c3ccccc23)C(=O)C1. The van der Waals surface area contributed by atoms with Crippen LogP contribution in [0.25, 0.3) is 10.9 Å². The van der Waals surface area contributed by atoms with E-state index in [1.165, 1.54) is 0 Å². The molecule has 0 spiro atoms. The van der Waals surface area contributed by atoms with Gasteiger partial charge in [0.15, 0.2) is 0 Å². The normalized spacial score (nSPS) is 19.0. The van der Waals surface area contributed by atoms with Crippen molar-refractivity contribution in [3.05, 3.63) is 66.1 Å². The van der Waals surface area contributed by atoms with Gasteiger partial charge in [0.2, 0.25) is 0 Å². The maximum Gasteiger partial charge on any atom is 0.144 e. The minimum absolute atomic E-state index is 0.0205. The number of hydrogen-bond donors (Lipinski definition) is 1. The standard InChI is InChI=1S/C22H22N2O2/c1-22(2)11-18(25)21(19(26)12-22)20(17-9-5-6-10-23-17)15-13-24-16-8-4-3-7-14(15)16/h3-10,13,20-21,24H,11-12H2,1-2H3. The molecule has 3 aromatic rings. The number of hydrogen-bond acceptors (Lipinski definition) is 3. The number of ketones is 2. The van der Waals surface area contributed by atoms with Crippen molar-refractivity contribution >= 4 is 22.5 Å². The lowest BCUT2D eigenvalue weighted by molar-refractivity contribution is -0.140. The van der Waals surface area contributed by atoms with Gasteiger partial charge in [-0.15, -0.1) is 0 Å². The van der Waals surface area contributed by atoms with Crippen LogP contribution in [0.5, 0.6) is 0 Å². The number of benzene rings is 1. The van der Waals surface area contributed by atoms with Crippen LogP contribution in [0.2, 0.25) is 0 Å². The second-order valence-corrected chi connectivity index (χ2v) is 7.95. The summed E-state index contributed by atoms with van der Waals surface area (Å²) in [4.78, 5) is 33.8. The molecule has 2 aromatic heterocycles. The molecular formula is C22H22N2O2. The topological polar surface area (TPSA) is 62.8 Å². The van der Waals surface area contributed by atoms with E-state index in [0.29, 0.717) is 12.8 Å². The molecule has 1 saturated carbocycles. The highest BCUT2D eigenvalue weighted by molar-refractivity contribution is 6.07. The zero-order valence-electron chi connectivity index (χ0n) is 15.0. The fourth-order valence-electron chi connectivity index (χ4n) is 4.20. The number of nitrogens with one attached hydrogen (secondary N) is 1. The van der Waals surface area contributed by atoms with Gasteiger partial charge in [0.25, 0.3) is 0 Å². The number of para-hydroxylation sites is 1. The Morgan fingerprint density at radius 3 is 2.42 bits per heavy atom. The van der Waals surface area contributed by atoms with Crippen molar-refractivity contribution in [2.45, 2.75) is 32.6 Å². The second kappa shape index (κ2) is 6.20. The predicted molar refractivity (Wildman–Crippen MR) is 101 cm³/mol. The highest BCUT2D eigenvalue weighted by Crippen LogP contribution is 2.43. The van der Waals surface area contributed by atoms with Gasteiger partial charge in [-0.05, 0) is 29.2 Å². The molecule has 0 aliphatic heterocycles. The first kappa shape index (κ1) is 16.7. The first-order valence-electron chi connectivity index (χ1n) is 8.99. The van der Waals surface area contributed by atoms with Crippen LogP contribution in [-0.4, -0.2) is 21.5 Å². The van der Waals surface area contributed by atoms with E-state index >= 15 is 0 Å². The van der Waals surface area contributed by atoms with Gasteiger partial charge in [0, 0.05) is 47.8 Å². The molecule has 4 rings (SSSR count). The monoisotopic (exact) mass is 346 g/mol. The maximum atomic E-state index is 13.0. The molecule has 0 bridgehead atoms. The Hall–Kier alpha value is -2.75. The van der Waals surface area contributed by atoms with E-state index in [1.54, 1.807) is 6.20 Å². The molecule has 26 heavy (non-hydrogen) atoms. The van der Waals surface area contributed by atoms with E-state index in [2.05, 4.69) is 9.97 Å². The summed E-state index contributed by atoms with van der Waals surface area (Å²) in [5, 5.41) is 1.04. The van der Waals surface area contributed by atoms with Crippen molar-refractivity contribution in [2.75, 3.05) is 0 Å². The van der Waals surface area contributed by atoms with Crippen LogP contribution >= 0.6 is 0 Å². The third-order valence-electron chi connectivity index (χ3n) is 5.30. The summed E-state index contributed by atoms with van der Waals surface area (Å²) < 4.78 is 0. The Balaban J connectivity index is 1.88. The highest BCUT2D eigenvalue weighted by Gasteiger charge is 2.45. The molecule has 0 amide bonds. The number of aromatic nitrogens is 2. The van der Waals surface area contributed by atoms with Gasteiger partial charge in [0.05, 0.1) is 5.92 Å². The molecule has 1 aromatic carbocycles. The molecule has 1 N–H and O–H groups in total. The quantitative estimate of drug-likeness (QED) is 0.720. The minimum Gasteiger partial charge on any atom is -0.361 e. The zero-order valence-corrected chi connectivity index (χ0v) is 15.0. The van der Waals surface area contributed by atoms with E-state index in [0.717, 1.165) is 22.2 Å². The molecule has 132 valence electrons. The van der Waals surface area contributed by atoms with Crippen LogP contribution in [0.15, 0.2) is 54.9 Å². The summed E-state index contributed by atoms with van der Waals surface area (Å²) >= 11 is 0. The summed E-state index contributed by atoms with van der Waals surface area (Å²) in [5.74, 6) is -0.986. The van der Waals surface area contributed by atoms with Crippen LogP contribution in [0.4, 0.5) is 0 Å². The third-order valence-corrected chi connectivity index (χ3v) is 5.30. The predicted octanol–water partition coefficient (Wildman–Crippen LogP) is 4.27. The van der Waals surface area contributed by atoms with Crippen LogP contribution in [0.3, 0.4) is 0 Å². The molecule has 1 fully saturated rings. The number of H-pyrrole nitrogens is 1. The Kier molecular flexibility index (Phi) is 3.98. The lowest BCUT2D eigenvalue weighted by Gasteiger charge is -2.35. The number of aromatic amines is 1. The van der Waals surface area contributed by atoms with E-state index in [1.807, 2.05) is 62.5 Å². The van der Waals surface area contributed by atoms with Gasteiger partial charge in [0.1, 0.15) is 11.6 Å². The Labute approximate surface area is 152 Å². The second-order valence-electron chi connectivity index (χ2n) is 7.95. The highest BCUT2D eigenvalue weighted by atomic mass is 16.2. The summed E-state index contributed by atoms with van der Waals surface area (Å²) in [6.45, 7) is 3.97. The Bertz CT molecular complexity index is 952. The molecule has 2 heterocycles. The number of carbonyl (C=O) groups excluding carboxylic acids is 2. The number of nitrogens with zero attached hydrogens (tertiary/aromatic N) is 1. The zero-order chi connectivity index (χ0) is 18.3. The fraction of sp³-hybridized carbons (Fsp3) is 0.318. The smallest absolute Gasteiger partial charge is 0.144 e. The number of Topliss-reactive ketones (excluding diaryl/α,β-unsaturated/α-hetero) is 2. The molecule has 1 aliphatic carbocycles. The maximum absolute atomic E-state index is 13.0. The average molecular weight is 346 g/mol. The van der Waals surface area contributed by atoms with Crippen LogP contribution in [0.1, 0.15) is 43.9 Å². The molecular weight excluding hydrogens is 324 g/mol. The van der Waals surface area contributed by atoms with E-state index in [9.17, 15) is 9.59 Å². The van der Waals surface area contributed by atoms with Crippen LogP contribution < -0.4 is 0 Å². The Morgan fingerprint density at radius 1 is 1.04 bits per heavy atom. The number of pyridine rings is 1. The van der Waals surface area contributed by atoms with E-state index in [-0.39, 0.29) is 22.9 Å². The number of rotatable bonds is 3. The van der Waals surface area contributed by atoms with Gasteiger partial charge >= 0.3 is 0 Å². The van der Waals surface area contributed by atoms with Crippen molar-refractivity contribution in [1.82, 2.24) is 9.97 Å². The lowest BCUT2D eigenvalue weighted by Crippen LogP contribution is -2.41. The molecule has 0 radical (unpaired) electrons. The molecule has 0 saturated heterocycles. The molecule has 1 unspecified atom stereocenters. The first-order valence-corrected chi connectivity index (χ1v) is 8.99. The molecule has 4 nitrogen and oxygen atoms in total. The third kappa shape index (κ3) is 2.85. The minimum atomic E-state index is -0.669. The fourth-order valence-corrected chi connectivity index (χ4v) is 4.20. The van der Waals surface area contributed by atoms with Crippen LogP contribution in [0, 0.1) is 11.3 Å². The van der Waals surface area contributed by atoms with Gasteiger partial charge in [-0.3, -0.25) is 14.6 Å². The van der Waals surface area contributed by atoms with Crippen molar-refractivity contribution in [3.8, 4) is 0 Å². The van der Waals surface area contributed by atoms with Crippen molar-refractivity contribution in [2.24, 2.45) is 11.3 Å². The Morgan fingerprint density at radius 2 is 1.73 bits per heavy atom. The van der Waals surface area contributed by atoms with Crippen molar-refractivity contribution < 1.29 is 9.59 Å². The van der Waals surface area contributed by atoms with Crippen molar-refractivity contribution in [1.29, 1.82) is 0 Å². The molecule has 1 atom stereocenters. The van der Waals surface area contributed by atoms with Crippen molar-refractivity contribution in [3.63, 3.8) is 0 Å². The molecule has 4 heteroatoms. The van der Waals surface area contributed by atoms with Crippen LogP contribution in [-0.2, 0) is 9.59 Å². The summed E-state index contributed by atoms with van der Waals surface area (Å²) in [5.41, 5.74) is 2.47. The first-order chi connectivity index (χ1) is 12.5. The summed E-state index contributed by atoms with van der Waals surface area (Å²) in [6, 6.07) is 13.6. The number of fused-ring (bicyclic) bond motifs is 1. The van der Waals surface area contributed by atoms with Gasteiger partial charge in [-0.1, -0.05) is 38.1 Å². The van der Waals surface area contributed by atoms with E-state index in [4.69, 9.17) is 0 Å². The molecule has 1 aliphatic rings.